The highest BCUT2D eigenvalue weighted by Crippen LogP contribution is 2.50. The van der Waals surface area contributed by atoms with Crippen LogP contribution < -0.4 is 0 Å². The van der Waals surface area contributed by atoms with Gasteiger partial charge in [-0.1, -0.05) is 29.3 Å². The van der Waals surface area contributed by atoms with Gasteiger partial charge in [-0.25, -0.2) is 0 Å². The molecule has 32 heavy (non-hydrogen) atoms. The van der Waals surface area contributed by atoms with E-state index in [1.54, 1.807) is 12.1 Å². The summed E-state index contributed by atoms with van der Waals surface area (Å²) in [6.07, 6.45) is 2.90. The van der Waals surface area contributed by atoms with Crippen LogP contribution in [0.4, 0.5) is 0 Å². The third kappa shape index (κ3) is 4.41. The predicted octanol–water partition coefficient (Wildman–Crippen LogP) is 4.70. The Kier molecular flexibility index (Phi) is 6.83. The van der Waals surface area contributed by atoms with Crippen LogP contribution in [0.3, 0.4) is 0 Å². The van der Waals surface area contributed by atoms with E-state index in [0.717, 1.165) is 29.9 Å². The number of Topliss-reactive ketones (excluding diaryl/α,β-unsaturated/α-hetero) is 2. The number of rotatable bonds is 5. The van der Waals surface area contributed by atoms with E-state index in [9.17, 15) is 9.59 Å². The molecule has 172 valence electrons. The van der Waals surface area contributed by atoms with Gasteiger partial charge in [-0.2, -0.15) is 0 Å². The van der Waals surface area contributed by atoms with E-state index >= 15 is 0 Å². The summed E-state index contributed by atoms with van der Waals surface area (Å²) in [7, 11) is 7.90. The maximum Gasteiger partial charge on any atom is 0.167 e. The SMILES string of the molecule is CN(C)C[C@H]1CCC2=C(C1=O)C(c1ccc(Cl)c(Cl)c1)C1=C(CC[C@@H](CN(C)C)C1=O)O2. The van der Waals surface area contributed by atoms with E-state index in [1.807, 2.05) is 44.1 Å². The number of hydrogen-bond acceptors (Lipinski definition) is 5. The van der Waals surface area contributed by atoms with Gasteiger partial charge in [-0.3, -0.25) is 9.59 Å². The molecule has 0 fully saturated rings. The molecule has 3 atom stereocenters. The first-order valence-electron chi connectivity index (χ1n) is 11.1. The van der Waals surface area contributed by atoms with Crippen LogP contribution in [0.2, 0.25) is 10.0 Å². The lowest BCUT2D eigenvalue weighted by Gasteiger charge is -2.40. The summed E-state index contributed by atoms with van der Waals surface area (Å²) in [6, 6.07) is 5.41. The molecule has 0 radical (unpaired) electrons. The molecule has 0 amide bonds. The predicted molar refractivity (Wildman–Crippen MR) is 127 cm³/mol. The average Bonchev–Trinajstić information content (AvgIpc) is 2.72. The molecule has 1 aromatic rings. The number of allylic oxidation sites excluding steroid dienone is 4. The zero-order chi connectivity index (χ0) is 23.2. The largest absolute Gasteiger partial charge is 0.465 e. The molecular formula is C25H30Cl2N2O3. The highest BCUT2D eigenvalue weighted by molar-refractivity contribution is 6.42. The third-order valence-electron chi connectivity index (χ3n) is 6.58. The van der Waals surface area contributed by atoms with Gasteiger partial charge >= 0.3 is 0 Å². The summed E-state index contributed by atoms with van der Waals surface area (Å²) in [4.78, 5) is 31.5. The third-order valence-corrected chi connectivity index (χ3v) is 7.32. The van der Waals surface area contributed by atoms with E-state index in [4.69, 9.17) is 27.9 Å². The van der Waals surface area contributed by atoms with Crippen LogP contribution in [0, 0.1) is 11.8 Å². The normalized spacial score (nSPS) is 25.9. The highest BCUT2D eigenvalue weighted by Gasteiger charge is 2.46. The van der Waals surface area contributed by atoms with Gasteiger partial charge in [0.05, 0.1) is 10.0 Å². The van der Waals surface area contributed by atoms with Crippen molar-refractivity contribution in [3.05, 3.63) is 56.5 Å². The second kappa shape index (κ2) is 9.30. The van der Waals surface area contributed by atoms with E-state index in [-0.39, 0.29) is 23.4 Å². The molecule has 0 aromatic heterocycles. The van der Waals surface area contributed by atoms with Crippen molar-refractivity contribution < 1.29 is 14.3 Å². The lowest BCUT2D eigenvalue weighted by molar-refractivity contribution is -0.122. The minimum atomic E-state index is -0.460. The number of ether oxygens (including phenoxy) is 1. The van der Waals surface area contributed by atoms with Crippen LogP contribution in [-0.4, -0.2) is 62.6 Å². The second-order valence-corrected chi connectivity index (χ2v) is 10.4. The molecule has 1 aliphatic heterocycles. The molecule has 1 heterocycles. The fraction of sp³-hybridized carbons (Fsp3) is 0.520. The van der Waals surface area contributed by atoms with Gasteiger partial charge in [0.1, 0.15) is 11.5 Å². The second-order valence-electron chi connectivity index (χ2n) is 9.61. The van der Waals surface area contributed by atoms with E-state index in [2.05, 4.69) is 0 Å². The fourth-order valence-electron chi connectivity index (χ4n) is 5.22. The zero-order valence-electron chi connectivity index (χ0n) is 19.1. The number of ketones is 2. The van der Waals surface area contributed by atoms with Crippen LogP contribution in [0.25, 0.3) is 0 Å². The van der Waals surface area contributed by atoms with Crippen molar-refractivity contribution in [2.45, 2.75) is 31.6 Å². The number of halogens is 2. The van der Waals surface area contributed by atoms with Crippen LogP contribution in [0.1, 0.15) is 37.2 Å². The fourth-order valence-corrected chi connectivity index (χ4v) is 5.53. The van der Waals surface area contributed by atoms with Gasteiger partial charge in [0.15, 0.2) is 11.6 Å². The first-order chi connectivity index (χ1) is 15.2. The van der Waals surface area contributed by atoms with Gasteiger partial charge in [-0.05, 0) is 58.7 Å². The summed E-state index contributed by atoms with van der Waals surface area (Å²) in [5.41, 5.74) is 2.07. The number of benzene rings is 1. The average molecular weight is 477 g/mol. The van der Waals surface area contributed by atoms with Gasteiger partial charge < -0.3 is 14.5 Å². The molecule has 0 spiro atoms. The summed E-state index contributed by atoms with van der Waals surface area (Å²) < 4.78 is 6.28. The summed E-state index contributed by atoms with van der Waals surface area (Å²) in [6.45, 7) is 1.35. The van der Waals surface area contributed by atoms with Crippen molar-refractivity contribution in [2.75, 3.05) is 41.3 Å². The number of hydrogen-bond donors (Lipinski definition) is 0. The molecular weight excluding hydrogens is 447 g/mol. The van der Waals surface area contributed by atoms with Crippen LogP contribution in [0.5, 0.6) is 0 Å². The summed E-state index contributed by atoms with van der Waals surface area (Å²) in [5.74, 6) is 0.901. The molecule has 3 aliphatic rings. The minimum Gasteiger partial charge on any atom is -0.465 e. The van der Waals surface area contributed by atoms with E-state index in [0.29, 0.717) is 47.1 Å². The Morgan fingerprint density at radius 2 is 1.34 bits per heavy atom. The minimum absolute atomic E-state index is 0.0742. The number of carbonyl (C=O) groups is 2. The van der Waals surface area contributed by atoms with Gasteiger partial charge in [0.2, 0.25) is 0 Å². The topological polar surface area (TPSA) is 49.9 Å². The van der Waals surface area contributed by atoms with Gasteiger partial charge in [0.25, 0.3) is 0 Å². The molecule has 0 saturated heterocycles. The molecule has 7 heteroatoms. The van der Waals surface area contributed by atoms with Crippen molar-refractivity contribution in [2.24, 2.45) is 11.8 Å². The number of carbonyl (C=O) groups excluding carboxylic acids is 2. The first-order valence-corrected chi connectivity index (χ1v) is 11.9. The molecule has 0 bridgehead atoms. The number of nitrogens with zero attached hydrogens (tertiary/aromatic N) is 2. The lowest BCUT2D eigenvalue weighted by Crippen LogP contribution is -2.40. The Morgan fingerprint density at radius 1 is 0.844 bits per heavy atom. The molecule has 2 aliphatic carbocycles. The van der Waals surface area contributed by atoms with Gasteiger partial charge in [0, 0.05) is 54.8 Å². The molecule has 4 rings (SSSR count). The zero-order valence-corrected chi connectivity index (χ0v) is 20.6. The summed E-state index contributed by atoms with van der Waals surface area (Å²) >= 11 is 12.6. The quantitative estimate of drug-likeness (QED) is 0.616. The van der Waals surface area contributed by atoms with E-state index in [1.165, 1.54) is 0 Å². The molecule has 5 nitrogen and oxygen atoms in total. The van der Waals surface area contributed by atoms with Crippen molar-refractivity contribution >= 4 is 34.8 Å². The maximum atomic E-state index is 13.7. The molecule has 1 unspecified atom stereocenters. The van der Waals surface area contributed by atoms with E-state index < -0.39 is 5.92 Å². The Labute approximate surface area is 200 Å². The smallest absolute Gasteiger partial charge is 0.167 e. The Hall–Kier alpha value is -1.66. The Balaban J connectivity index is 1.82. The monoisotopic (exact) mass is 476 g/mol. The Bertz CT molecular complexity index is 958. The molecule has 0 N–H and O–H groups in total. The van der Waals surface area contributed by atoms with Crippen molar-refractivity contribution in [3.63, 3.8) is 0 Å². The van der Waals surface area contributed by atoms with Crippen LogP contribution >= 0.6 is 23.2 Å². The maximum absolute atomic E-state index is 13.7. The first kappa shape index (κ1) is 23.5. The van der Waals surface area contributed by atoms with Crippen molar-refractivity contribution in [3.8, 4) is 0 Å². The highest BCUT2D eigenvalue weighted by atomic mass is 35.5. The molecule has 1 aromatic carbocycles. The standard InChI is InChI=1S/C25H30Cl2N2O3/c1-28(2)12-15-6-9-19-22(24(15)30)21(14-5-8-17(26)18(27)11-14)23-20(32-19)10-7-16(25(23)31)13-29(3)4/h5,8,11,15-16,21H,6-7,9-10,12-13H2,1-4H3/t15-,16+,21?. The van der Waals surface area contributed by atoms with Crippen molar-refractivity contribution in [1.29, 1.82) is 0 Å². The molecule has 0 saturated carbocycles. The van der Waals surface area contributed by atoms with Gasteiger partial charge in [-0.15, -0.1) is 0 Å². The Morgan fingerprint density at radius 3 is 1.78 bits per heavy atom. The van der Waals surface area contributed by atoms with Crippen molar-refractivity contribution in [1.82, 2.24) is 9.80 Å². The summed E-state index contributed by atoms with van der Waals surface area (Å²) in [5, 5.41) is 0.868. The van der Waals surface area contributed by atoms with Crippen LogP contribution in [0.15, 0.2) is 40.9 Å². The van der Waals surface area contributed by atoms with Crippen LogP contribution in [-0.2, 0) is 14.3 Å². The lowest BCUT2D eigenvalue weighted by atomic mass is 9.69.